The number of aryl methyl sites for hydroxylation is 2. The molecule has 0 saturated heterocycles. The van der Waals surface area contributed by atoms with Crippen LogP contribution in [0.4, 0.5) is 0 Å². The zero-order valence-electron chi connectivity index (χ0n) is 12.6. The van der Waals surface area contributed by atoms with Gasteiger partial charge in [0.1, 0.15) is 4.90 Å². The van der Waals surface area contributed by atoms with Crippen molar-refractivity contribution in [1.82, 2.24) is 14.5 Å². The first-order valence-corrected chi connectivity index (χ1v) is 8.43. The summed E-state index contributed by atoms with van der Waals surface area (Å²) < 4.78 is 28.9. The molecule has 1 aromatic heterocycles. The van der Waals surface area contributed by atoms with Gasteiger partial charge >= 0.3 is 0 Å². The summed E-state index contributed by atoms with van der Waals surface area (Å²) in [6.45, 7) is 3.63. The van der Waals surface area contributed by atoms with E-state index in [1.54, 1.807) is 18.7 Å². The second-order valence-electron chi connectivity index (χ2n) is 5.26. The predicted molar refractivity (Wildman–Crippen MR) is 82.5 cm³/mol. The molecule has 1 atom stereocenters. The molecule has 1 heterocycles. The second-order valence-corrected chi connectivity index (χ2v) is 6.95. The molecule has 114 valence electrons. The van der Waals surface area contributed by atoms with Crippen molar-refractivity contribution in [3.05, 3.63) is 47.8 Å². The van der Waals surface area contributed by atoms with E-state index in [0.717, 1.165) is 12.8 Å². The Morgan fingerprint density at radius 3 is 2.52 bits per heavy atom. The number of aromatic nitrogens is 2. The Hall–Kier alpha value is -1.66. The molecule has 21 heavy (non-hydrogen) atoms. The van der Waals surface area contributed by atoms with Crippen molar-refractivity contribution in [2.75, 3.05) is 0 Å². The Kier molecular flexibility index (Phi) is 4.80. The summed E-state index contributed by atoms with van der Waals surface area (Å²) in [4.78, 5) is 0.247. The first-order valence-electron chi connectivity index (χ1n) is 6.95. The quantitative estimate of drug-likeness (QED) is 0.888. The highest BCUT2D eigenvalue weighted by atomic mass is 32.2. The molecule has 0 bridgehead atoms. The maximum Gasteiger partial charge on any atom is 0.244 e. The van der Waals surface area contributed by atoms with E-state index in [4.69, 9.17) is 0 Å². The zero-order valence-corrected chi connectivity index (χ0v) is 13.4. The van der Waals surface area contributed by atoms with Crippen LogP contribution in [0.1, 0.15) is 24.6 Å². The third kappa shape index (κ3) is 3.92. The normalized spacial score (nSPS) is 13.3. The molecule has 0 aliphatic carbocycles. The second kappa shape index (κ2) is 6.41. The van der Waals surface area contributed by atoms with Crippen LogP contribution in [-0.2, 0) is 23.5 Å². The predicted octanol–water partition coefficient (Wildman–Crippen LogP) is 2.03. The van der Waals surface area contributed by atoms with Crippen molar-refractivity contribution >= 4 is 10.0 Å². The fourth-order valence-corrected chi connectivity index (χ4v) is 3.64. The van der Waals surface area contributed by atoms with Crippen molar-refractivity contribution in [2.24, 2.45) is 7.05 Å². The summed E-state index contributed by atoms with van der Waals surface area (Å²) in [5.74, 6) is 0. The number of rotatable bonds is 6. The van der Waals surface area contributed by atoms with Gasteiger partial charge in [-0.15, -0.1) is 0 Å². The lowest BCUT2D eigenvalue weighted by atomic mass is 10.1. The van der Waals surface area contributed by atoms with Crippen LogP contribution in [0, 0.1) is 6.92 Å². The van der Waals surface area contributed by atoms with Gasteiger partial charge in [-0.1, -0.05) is 30.3 Å². The van der Waals surface area contributed by atoms with Crippen LogP contribution in [0.3, 0.4) is 0 Å². The summed E-state index contributed by atoms with van der Waals surface area (Å²) in [6.07, 6.45) is 2.99. The van der Waals surface area contributed by atoms with Crippen LogP contribution in [0.15, 0.2) is 41.4 Å². The van der Waals surface area contributed by atoms with Crippen LogP contribution in [0.25, 0.3) is 0 Å². The molecule has 5 nitrogen and oxygen atoms in total. The van der Waals surface area contributed by atoms with Crippen LogP contribution in [0.2, 0.25) is 0 Å². The van der Waals surface area contributed by atoms with Gasteiger partial charge in [-0.2, -0.15) is 5.10 Å². The van der Waals surface area contributed by atoms with Crippen molar-refractivity contribution in [2.45, 2.75) is 37.6 Å². The minimum Gasteiger partial charge on any atom is -0.272 e. The van der Waals surface area contributed by atoms with E-state index in [-0.39, 0.29) is 10.9 Å². The smallest absolute Gasteiger partial charge is 0.244 e. The third-order valence-corrected chi connectivity index (χ3v) is 5.24. The van der Waals surface area contributed by atoms with E-state index in [0.29, 0.717) is 5.69 Å². The summed E-state index contributed by atoms with van der Waals surface area (Å²) in [5, 5.41) is 3.98. The molecule has 1 N–H and O–H groups in total. The number of nitrogens with zero attached hydrogens (tertiary/aromatic N) is 2. The van der Waals surface area contributed by atoms with Gasteiger partial charge in [-0.25, -0.2) is 13.1 Å². The number of nitrogens with one attached hydrogen (secondary N) is 1. The number of sulfonamides is 1. The van der Waals surface area contributed by atoms with Gasteiger partial charge in [-0.05, 0) is 32.3 Å². The Bertz CT molecular complexity index is 693. The molecule has 1 aromatic carbocycles. The largest absolute Gasteiger partial charge is 0.272 e. The van der Waals surface area contributed by atoms with Crippen molar-refractivity contribution in [3.63, 3.8) is 0 Å². The van der Waals surface area contributed by atoms with E-state index in [1.807, 2.05) is 37.3 Å². The third-order valence-electron chi connectivity index (χ3n) is 3.54. The van der Waals surface area contributed by atoms with E-state index in [1.165, 1.54) is 11.8 Å². The molecule has 0 radical (unpaired) electrons. The minimum atomic E-state index is -3.51. The van der Waals surface area contributed by atoms with E-state index in [2.05, 4.69) is 9.82 Å². The molecule has 0 saturated carbocycles. The molecule has 6 heteroatoms. The SMILES string of the molecule is Cc1c(S(=O)(=O)NC(C)CCc2ccccc2)cnn1C. The van der Waals surface area contributed by atoms with Gasteiger partial charge in [0.2, 0.25) is 10.0 Å². The van der Waals surface area contributed by atoms with Crippen molar-refractivity contribution in [3.8, 4) is 0 Å². The standard InChI is InChI=1S/C15H21N3O2S/c1-12(9-10-14-7-5-4-6-8-14)17-21(19,20)15-11-16-18(3)13(15)2/h4-8,11-12,17H,9-10H2,1-3H3. The number of hydrogen-bond acceptors (Lipinski definition) is 3. The molecular formula is C15H21N3O2S. The fraction of sp³-hybridized carbons (Fsp3) is 0.400. The number of hydrogen-bond donors (Lipinski definition) is 1. The lowest BCUT2D eigenvalue weighted by Gasteiger charge is -2.14. The average Bonchev–Trinajstić information content (AvgIpc) is 2.78. The Balaban J connectivity index is 1.98. The molecule has 0 spiro atoms. The van der Waals surface area contributed by atoms with E-state index >= 15 is 0 Å². The molecule has 0 aliphatic rings. The maximum absolute atomic E-state index is 12.3. The van der Waals surface area contributed by atoms with Gasteiger partial charge in [-0.3, -0.25) is 4.68 Å². The van der Waals surface area contributed by atoms with Gasteiger partial charge in [0, 0.05) is 13.1 Å². The highest BCUT2D eigenvalue weighted by Gasteiger charge is 2.21. The molecule has 0 fully saturated rings. The highest BCUT2D eigenvalue weighted by molar-refractivity contribution is 7.89. The Morgan fingerprint density at radius 2 is 1.95 bits per heavy atom. The molecule has 0 amide bonds. The van der Waals surface area contributed by atoms with Crippen molar-refractivity contribution in [1.29, 1.82) is 0 Å². The average molecular weight is 307 g/mol. The summed E-state index contributed by atoms with van der Waals surface area (Å²) >= 11 is 0. The molecule has 2 aromatic rings. The van der Waals surface area contributed by atoms with Crippen LogP contribution < -0.4 is 4.72 Å². The lowest BCUT2D eigenvalue weighted by Crippen LogP contribution is -2.33. The first kappa shape index (κ1) is 15.7. The van der Waals surface area contributed by atoms with Gasteiger partial charge in [0.15, 0.2) is 0 Å². The fourth-order valence-electron chi connectivity index (χ4n) is 2.16. The molecule has 1 unspecified atom stereocenters. The van der Waals surface area contributed by atoms with Crippen LogP contribution in [0.5, 0.6) is 0 Å². The Labute approximate surface area is 126 Å². The number of benzene rings is 1. The van der Waals surface area contributed by atoms with Crippen molar-refractivity contribution < 1.29 is 8.42 Å². The topological polar surface area (TPSA) is 64.0 Å². The van der Waals surface area contributed by atoms with Gasteiger partial charge < -0.3 is 0 Å². The lowest BCUT2D eigenvalue weighted by molar-refractivity contribution is 0.546. The zero-order chi connectivity index (χ0) is 15.5. The van der Waals surface area contributed by atoms with Gasteiger partial charge in [0.25, 0.3) is 0 Å². The molecule has 2 rings (SSSR count). The Morgan fingerprint density at radius 1 is 1.29 bits per heavy atom. The summed E-state index contributed by atoms with van der Waals surface area (Å²) in [6, 6.07) is 9.92. The maximum atomic E-state index is 12.3. The van der Waals surface area contributed by atoms with Gasteiger partial charge in [0.05, 0.1) is 11.9 Å². The van der Waals surface area contributed by atoms with E-state index < -0.39 is 10.0 Å². The van der Waals surface area contributed by atoms with Crippen LogP contribution >= 0.6 is 0 Å². The molecular weight excluding hydrogens is 286 g/mol. The first-order chi connectivity index (χ1) is 9.90. The highest BCUT2D eigenvalue weighted by Crippen LogP contribution is 2.14. The monoisotopic (exact) mass is 307 g/mol. The summed E-state index contributed by atoms with van der Waals surface area (Å²) in [7, 11) is -1.78. The molecule has 0 aliphatic heterocycles. The van der Waals surface area contributed by atoms with Crippen LogP contribution in [-0.4, -0.2) is 24.2 Å². The summed E-state index contributed by atoms with van der Waals surface area (Å²) in [5.41, 5.74) is 1.85. The van der Waals surface area contributed by atoms with E-state index in [9.17, 15) is 8.42 Å². The minimum absolute atomic E-state index is 0.130.